The van der Waals surface area contributed by atoms with E-state index in [9.17, 15) is 0 Å². The molecule has 0 aromatic rings. The van der Waals surface area contributed by atoms with Crippen LogP contribution in [0.25, 0.3) is 0 Å². The Morgan fingerprint density at radius 1 is 0.857 bits per heavy atom. The van der Waals surface area contributed by atoms with Crippen LogP contribution in [0.3, 0.4) is 0 Å². The molecule has 78 valence electrons. The standard InChI is InChI=1S/C13H20O/c14-12-13-10-8-6-4-2-1-3-5-7-9-11-13/h1-2,7-10,13-14H,3-6,11-12H2/b2-1-,9-7-,10-8-. The van der Waals surface area contributed by atoms with Crippen molar-refractivity contribution in [3.63, 3.8) is 0 Å². The van der Waals surface area contributed by atoms with Crippen molar-refractivity contribution < 1.29 is 5.11 Å². The Hall–Kier alpha value is -0.820. The zero-order valence-electron chi connectivity index (χ0n) is 8.73. The Labute approximate surface area is 86.8 Å². The quantitative estimate of drug-likeness (QED) is 0.632. The molecule has 1 nitrogen and oxygen atoms in total. The second-order valence-electron chi connectivity index (χ2n) is 3.70. The summed E-state index contributed by atoms with van der Waals surface area (Å²) in [5.74, 6) is 0.314. The lowest BCUT2D eigenvalue weighted by Crippen LogP contribution is -2.00. The molecule has 1 rings (SSSR count). The van der Waals surface area contributed by atoms with Crippen LogP contribution in [0.4, 0.5) is 0 Å². The Morgan fingerprint density at radius 3 is 2.07 bits per heavy atom. The summed E-state index contributed by atoms with van der Waals surface area (Å²) in [7, 11) is 0. The first-order valence-corrected chi connectivity index (χ1v) is 5.51. The highest BCUT2D eigenvalue weighted by Gasteiger charge is 1.99. The Balaban J connectivity index is 2.46. The molecule has 0 saturated carbocycles. The molecule has 0 aromatic heterocycles. The topological polar surface area (TPSA) is 20.2 Å². The largest absolute Gasteiger partial charge is 0.396 e. The zero-order chi connectivity index (χ0) is 10.1. The minimum Gasteiger partial charge on any atom is -0.396 e. The fourth-order valence-electron chi connectivity index (χ4n) is 1.51. The molecule has 1 heteroatoms. The van der Waals surface area contributed by atoms with Gasteiger partial charge in [-0.05, 0) is 32.1 Å². The maximum absolute atomic E-state index is 9.10. The van der Waals surface area contributed by atoms with Crippen LogP contribution in [-0.4, -0.2) is 11.7 Å². The van der Waals surface area contributed by atoms with E-state index in [1.54, 1.807) is 0 Å². The third-order valence-corrected chi connectivity index (χ3v) is 2.41. The molecular formula is C13H20O. The second-order valence-corrected chi connectivity index (χ2v) is 3.70. The first kappa shape index (κ1) is 11.3. The minimum atomic E-state index is 0.261. The highest BCUT2D eigenvalue weighted by atomic mass is 16.3. The molecule has 0 aromatic carbocycles. The summed E-state index contributed by atoms with van der Waals surface area (Å²) in [5, 5.41) is 9.10. The average Bonchev–Trinajstić information content (AvgIpc) is 2.19. The monoisotopic (exact) mass is 192 g/mol. The van der Waals surface area contributed by atoms with Crippen LogP contribution in [0.2, 0.25) is 0 Å². The summed E-state index contributed by atoms with van der Waals surface area (Å²) in [6, 6.07) is 0. The van der Waals surface area contributed by atoms with Gasteiger partial charge in [0.25, 0.3) is 0 Å². The highest BCUT2D eigenvalue weighted by molar-refractivity contribution is 4.97. The number of aliphatic hydroxyl groups is 1. The van der Waals surface area contributed by atoms with Gasteiger partial charge in [0.2, 0.25) is 0 Å². The predicted octanol–water partition coefficient (Wildman–Crippen LogP) is 3.23. The van der Waals surface area contributed by atoms with E-state index in [2.05, 4.69) is 36.5 Å². The van der Waals surface area contributed by atoms with Crippen molar-refractivity contribution >= 4 is 0 Å². The van der Waals surface area contributed by atoms with E-state index in [0.29, 0.717) is 5.92 Å². The molecule has 0 fully saturated rings. The van der Waals surface area contributed by atoms with Gasteiger partial charge in [-0.2, -0.15) is 0 Å². The summed E-state index contributed by atoms with van der Waals surface area (Å²) in [5.41, 5.74) is 0. The fourth-order valence-corrected chi connectivity index (χ4v) is 1.51. The summed E-state index contributed by atoms with van der Waals surface area (Å²) in [4.78, 5) is 0. The van der Waals surface area contributed by atoms with Crippen LogP contribution in [0.5, 0.6) is 0 Å². The molecule has 0 saturated heterocycles. The third-order valence-electron chi connectivity index (χ3n) is 2.41. The highest BCUT2D eigenvalue weighted by Crippen LogP contribution is 2.09. The predicted molar refractivity (Wildman–Crippen MR) is 61.1 cm³/mol. The van der Waals surface area contributed by atoms with Gasteiger partial charge in [-0.25, -0.2) is 0 Å². The van der Waals surface area contributed by atoms with Gasteiger partial charge < -0.3 is 5.11 Å². The lowest BCUT2D eigenvalue weighted by Gasteiger charge is -2.05. The Kier molecular flexibility index (Phi) is 6.09. The van der Waals surface area contributed by atoms with Crippen molar-refractivity contribution in [1.29, 1.82) is 0 Å². The second kappa shape index (κ2) is 7.57. The van der Waals surface area contributed by atoms with Crippen LogP contribution in [0, 0.1) is 5.92 Å². The van der Waals surface area contributed by atoms with Gasteiger partial charge in [0.15, 0.2) is 0 Å². The lowest BCUT2D eigenvalue weighted by atomic mass is 10.0. The van der Waals surface area contributed by atoms with Gasteiger partial charge in [0, 0.05) is 12.5 Å². The maximum Gasteiger partial charge on any atom is 0.0496 e. The van der Waals surface area contributed by atoms with Gasteiger partial charge in [-0.1, -0.05) is 36.5 Å². The normalized spacial score (nSPS) is 31.1. The summed E-state index contributed by atoms with van der Waals surface area (Å²) < 4.78 is 0. The minimum absolute atomic E-state index is 0.261. The first-order chi connectivity index (χ1) is 6.93. The van der Waals surface area contributed by atoms with Crippen LogP contribution >= 0.6 is 0 Å². The molecule has 0 spiro atoms. The van der Waals surface area contributed by atoms with Gasteiger partial charge in [0.05, 0.1) is 0 Å². The zero-order valence-corrected chi connectivity index (χ0v) is 8.73. The van der Waals surface area contributed by atoms with Gasteiger partial charge >= 0.3 is 0 Å². The molecule has 1 aliphatic carbocycles. The van der Waals surface area contributed by atoms with Gasteiger partial charge in [-0.3, -0.25) is 0 Å². The fraction of sp³-hybridized carbons (Fsp3) is 0.538. The molecule has 0 heterocycles. The average molecular weight is 192 g/mol. The number of rotatable bonds is 1. The summed E-state index contributed by atoms with van der Waals surface area (Å²) >= 11 is 0. The number of allylic oxidation sites excluding steroid dienone is 5. The summed E-state index contributed by atoms with van der Waals surface area (Å²) in [6.07, 6.45) is 18.7. The van der Waals surface area contributed by atoms with E-state index in [4.69, 9.17) is 5.11 Å². The van der Waals surface area contributed by atoms with Crippen LogP contribution in [0.1, 0.15) is 32.1 Å². The van der Waals surface area contributed by atoms with Crippen molar-refractivity contribution in [3.05, 3.63) is 36.5 Å². The van der Waals surface area contributed by atoms with E-state index in [1.165, 1.54) is 0 Å². The van der Waals surface area contributed by atoms with E-state index in [-0.39, 0.29) is 6.61 Å². The van der Waals surface area contributed by atoms with Crippen molar-refractivity contribution in [1.82, 2.24) is 0 Å². The van der Waals surface area contributed by atoms with Crippen LogP contribution < -0.4 is 0 Å². The molecular weight excluding hydrogens is 172 g/mol. The van der Waals surface area contributed by atoms with Crippen molar-refractivity contribution in [2.45, 2.75) is 32.1 Å². The van der Waals surface area contributed by atoms with E-state index in [1.807, 2.05) is 0 Å². The molecule has 0 bridgehead atoms. The van der Waals surface area contributed by atoms with Crippen LogP contribution in [0.15, 0.2) is 36.5 Å². The number of hydrogen-bond donors (Lipinski definition) is 1. The maximum atomic E-state index is 9.10. The molecule has 0 radical (unpaired) electrons. The molecule has 1 atom stereocenters. The Bertz CT molecular complexity index is 213. The van der Waals surface area contributed by atoms with Crippen molar-refractivity contribution in [2.24, 2.45) is 5.92 Å². The number of aliphatic hydroxyl groups excluding tert-OH is 1. The molecule has 14 heavy (non-hydrogen) atoms. The lowest BCUT2D eigenvalue weighted by molar-refractivity contribution is 0.253. The molecule has 0 amide bonds. The molecule has 1 N–H and O–H groups in total. The van der Waals surface area contributed by atoms with E-state index in [0.717, 1.165) is 32.1 Å². The SMILES string of the molecule is OCC1/C=C\CC/C=C\CC/C=C\C1. The summed E-state index contributed by atoms with van der Waals surface area (Å²) in [6.45, 7) is 0.261. The number of hydrogen-bond acceptors (Lipinski definition) is 1. The molecule has 1 unspecified atom stereocenters. The Morgan fingerprint density at radius 2 is 1.43 bits per heavy atom. The van der Waals surface area contributed by atoms with Gasteiger partial charge in [-0.15, -0.1) is 0 Å². The van der Waals surface area contributed by atoms with Gasteiger partial charge in [0.1, 0.15) is 0 Å². The first-order valence-electron chi connectivity index (χ1n) is 5.51. The smallest absolute Gasteiger partial charge is 0.0496 e. The van der Waals surface area contributed by atoms with E-state index < -0.39 is 0 Å². The van der Waals surface area contributed by atoms with Crippen molar-refractivity contribution in [2.75, 3.05) is 6.61 Å². The van der Waals surface area contributed by atoms with Crippen molar-refractivity contribution in [3.8, 4) is 0 Å². The van der Waals surface area contributed by atoms with Crippen LogP contribution in [-0.2, 0) is 0 Å². The molecule has 0 aliphatic heterocycles. The molecule has 1 aliphatic rings. The van der Waals surface area contributed by atoms with E-state index >= 15 is 0 Å². The third kappa shape index (κ3) is 5.03.